The Kier molecular flexibility index (Phi) is 3.01. The van der Waals surface area contributed by atoms with Gasteiger partial charge in [0, 0.05) is 17.3 Å². The first kappa shape index (κ1) is 10.2. The van der Waals surface area contributed by atoms with E-state index in [1.54, 1.807) is 0 Å². The second kappa shape index (κ2) is 3.85. The number of alkyl halides is 1. The summed E-state index contributed by atoms with van der Waals surface area (Å²) in [6.07, 6.45) is 0. The molecule has 5 heteroatoms. The third kappa shape index (κ3) is 2.05. The maximum Gasteiger partial charge on any atom is 0.179 e. The van der Waals surface area contributed by atoms with Crippen LogP contribution in [0.3, 0.4) is 0 Å². The van der Waals surface area contributed by atoms with E-state index in [0.717, 1.165) is 0 Å². The van der Waals surface area contributed by atoms with Gasteiger partial charge < -0.3 is 10.8 Å². The number of hydrogen-bond donors (Lipinski definition) is 2. The van der Waals surface area contributed by atoms with Crippen LogP contribution in [0.1, 0.15) is 10.4 Å². The van der Waals surface area contributed by atoms with Crippen molar-refractivity contribution in [2.24, 2.45) is 0 Å². The molecule has 0 spiro atoms. The Morgan fingerprint density at radius 1 is 1.54 bits per heavy atom. The van der Waals surface area contributed by atoms with Crippen LogP contribution in [0.5, 0.6) is 5.75 Å². The average Bonchev–Trinajstić information content (AvgIpc) is 2.10. The fourth-order valence-corrected chi connectivity index (χ4v) is 1.20. The maximum absolute atomic E-state index is 11.1. The van der Waals surface area contributed by atoms with Crippen molar-refractivity contribution in [2.75, 3.05) is 11.6 Å². The zero-order chi connectivity index (χ0) is 10.0. The zero-order valence-electron chi connectivity index (χ0n) is 6.55. The standard InChI is InChI=1S/C8H7Cl2NO2/c9-3-8(13)4-1-5(10)7(12)2-6(4)11/h1-2,12H,3,11H2. The van der Waals surface area contributed by atoms with Crippen LogP contribution in [0.4, 0.5) is 5.69 Å². The molecule has 1 rings (SSSR count). The summed E-state index contributed by atoms with van der Waals surface area (Å²) in [6, 6.07) is 2.53. The molecule has 0 saturated heterocycles. The molecule has 0 saturated carbocycles. The van der Waals surface area contributed by atoms with Gasteiger partial charge >= 0.3 is 0 Å². The van der Waals surface area contributed by atoms with E-state index < -0.39 is 0 Å². The summed E-state index contributed by atoms with van der Waals surface area (Å²) in [5.74, 6) is -0.628. The smallest absolute Gasteiger partial charge is 0.179 e. The van der Waals surface area contributed by atoms with Gasteiger partial charge in [0.25, 0.3) is 0 Å². The predicted octanol–water partition coefficient (Wildman–Crippen LogP) is 2.05. The Morgan fingerprint density at radius 2 is 2.15 bits per heavy atom. The highest BCUT2D eigenvalue weighted by atomic mass is 35.5. The Balaban J connectivity index is 3.23. The molecule has 0 fully saturated rings. The summed E-state index contributed by atoms with van der Waals surface area (Å²) in [5.41, 5.74) is 5.88. The largest absolute Gasteiger partial charge is 0.506 e. The van der Waals surface area contributed by atoms with Crippen LogP contribution in [-0.4, -0.2) is 16.8 Å². The van der Waals surface area contributed by atoms with Gasteiger partial charge in [-0.1, -0.05) is 11.6 Å². The van der Waals surface area contributed by atoms with Gasteiger partial charge in [0.05, 0.1) is 10.9 Å². The third-order valence-corrected chi connectivity index (χ3v) is 2.09. The number of benzene rings is 1. The molecule has 0 aliphatic rings. The monoisotopic (exact) mass is 219 g/mol. The van der Waals surface area contributed by atoms with Crippen LogP contribution in [-0.2, 0) is 0 Å². The SMILES string of the molecule is Nc1cc(O)c(Cl)cc1C(=O)CCl. The highest BCUT2D eigenvalue weighted by Crippen LogP contribution is 2.28. The molecule has 0 amide bonds. The van der Waals surface area contributed by atoms with Crippen LogP contribution in [0.25, 0.3) is 0 Å². The molecule has 0 bridgehead atoms. The van der Waals surface area contributed by atoms with Crippen LogP contribution >= 0.6 is 23.2 Å². The number of carbonyl (C=O) groups excluding carboxylic acids is 1. The van der Waals surface area contributed by atoms with Gasteiger partial charge in [-0.15, -0.1) is 11.6 Å². The Morgan fingerprint density at radius 3 is 2.69 bits per heavy atom. The minimum absolute atomic E-state index is 0.0858. The van der Waals surface area contributed by atoms with Gasteiger partial charge in [-0.2, -0.15) is 0 Å². The number of phenolic OH excluding ortho intramolecular Hbond substituents is 1. The molecule has 1 aromatic carbocycles. The quantitative estimate of drug-likeness (QED) is 0.455. The molecule has 1 aromatic rings. The summed E-state index contributed by atoms with van der Waals surface area (Å²) < 4.78 is 0. The molecule has 0 aliphatic carbocycles. The minimum atomic E-state index is -0.318. The van der Waals surface area contributed by atoms with E-state index in [-0.39, 0.29) is 33.7 Å². The number of carbonyl (C=O) groups is 1. The zero-order valence-corrected chi connectivity index (χ0v) is 8.06. The van der Waals surface area contributed by atoms with Crippen molar-refractivity contribution < 1.29 is 9.90 Å². The van der Waals surface area contributed by atoms with E-state index in [2.05, 4.69) is 0 Å². The fourth-order valence-electron chi connectivity index (χ4n) is 0.891. The van der Waals surface area contributed by atoms with E-state index >= 15 is 0 Å². The number of halogens is 2. The first-order valence-corrected chi connectivity index (χ1v) is 4.34. The van der Waals surface area contributed by atoms with Crippen LogP contribution in [0, 0.1) is 0 Å². The number of rotatable bonds is 2. The first-order valence-electron chi connectivity index (χ1n) is 3.43. The number of anilines is 1. The number of nitrogen functional groups attached to an aromatic ring is 1. The predicted molar refractivity (Wildman–Crippen MR) is 52.6 cm³/mol. The van der Waals surface area contributed by atoms with Crippen molar-refractivity contribution >= 4 is 34.7 Å². The lowest BCUT2D eigenvalue weighted by Gasteiger charge is -2.04. The Bertz CT molecular complexity index is 352. The molecule has 70 valence electrons. The van der Waals surface area contributed by atoms with Gasteiger partial charge in [0.2, 0.25) is 0 Å². The van der Waals surface area contributed by atoms with Crippen LogP contribution < -0.4 is 5.73 Å². The van der Waals surface area contributed by atoms with E-state index in [4.69, 9.17) is 34.0 Å². The lowest BCUT2D eigenvalue weighted by atomic mass is 10.1. The number of nitrogens with two attached hydrogens (primary N) is 1. The van der Waals surface area contributed by atoms with E-state index in [1.165, 1.54) is 12.1 Å². The van der Waals surface area contributed by atoms with Gasteiger partial charge in [0.1, 0.15) is 5.75 Å². The maximum atomic E-state index is 11.1. The number of aromatic hydroxyl groups is 1. The summed E-state index contributed by atoms with van der Waals surface area (Å²) >= 11 is 10.9. The lowest BCUT2D eigenvalue weighted by molar-refractivity contribution is 0.102. The van der Waals surface area contributed by atoms with Crippen molar-refractivity contribution in [1.29, 1.82) is 0 Å². The van der Waals surface area contributed by atoms with Gasteiger partial charge in [-0.25, -0.2) is 0 Å². The molecular formula is C8H7Cl2NO2. The van der Waals surface area contributed by atoms with Crippen molar-refractivity contribution in [1.82, 2.24) is 0 Å². The van der Waals surface area contributed by atoms with E-state index in [9.17, 15) is 4.79 Å². The third-order valence-electron chi connectivity index (χ3n) is 1.54. The topological polar surface area (TPSA) is 63.3 Å². The van der Waals surface area contributed by atoms with Crippen molar-refractivity contribution in [3.8, 4) is 5.75 Å². The first-order chi connectivity index (χ1) is 6.06. The van der Waals surface area contributed by atoms with Crippen molar-refractivity contribution in [3.05, 3.63) is 22.7 Å². The van der Waals surface area contributed by atoms with Gasteiger partial charge in [-0.05, 0) is 6.07 Å². The molecule has 0 unspecified atom stereocenters. The highest BCUT2D eigenvalue weighted by Gasteiger charge is 2.11. The lowest BCUT2D eigenvalue weighted by Crippen LogP contribution is -2.04. The molecule has 0 aliphatic heterocycles. The minimum Gasteiger partial charge on any atom is -0.506 e. The second-order valence-corrected chi connectivity index (χ2v) is 3.12. The van der Waals surface area contributed by atoms with Gasteiger partial charge in [-0.3, -0.25) is 4.79 Å². The van der Waals surface area contributed by atoms with Crippen molar-refractivity contribution in [3.63, 3.8) is 0 Å². The Hall–Kier alpha value is -0.930. The molecule has 0 aromatic heterocycles. The number of Topliss-reactive ketones (excluding diaryl/α,β-unsaturated/α-hetero) is 1. The van der Waals surface area contributed by atoms with E-state index in [1.807, 2.05) is 0 Å². The number of phenols is 1. The molecule has 0 radical (unpaired) electrons. The summed E-state index contributed by atoms with van der Waals surface area (Å²) in [6.45, 7) is 0. The van der Waals surface area contributed by atoms with Crippen LogP contribution in [0.2, 0.25) is 5.02 Å². The van der Waals surface area contributed by atoms with Gasteiger partial charge in [0.15, 0.2) is 5.78 Å². The molecule has 0 heterocycles. The summed E-state index contributed by atoms with van der Waals surface area (Å²) in [5, 5.41) is 9.21. The number of ketones is 1. The molecular weight excluding hydrogens is 213 g/mol. The normalized spacial score (nSPS) is 10.0. The Labute approximate surface area is 85.1 Å². The fraction of sp³-hybridized carbons (Fsp3) is 0.125. The van der Waals surface area contributed by atoms with Crippen molar-refractivity contribution in [2.45, 2.75) is 0 Å². The molecule has 3 nitrogen and oxygen atoms in total. The average molecular weight is 220 g/mol. The summed E-state index contributed by atoms with van der Waals surface area (Å²) in [4.78, 5) is 11.1. The molecule has 0 atom stereocenters. The van der Waals surface area contributed by atoms with E-state index in [0.29, 0.717) is 0 Å². The summed E-state index contributed by atoms with van der Waals surface area (Å²) in [7, 11) is 0. The highest BCUT2D eigenvalue weighted by molar-refractivity contribution is 6.34. The number of hydrogen-bond acceptors (Lipinski definition) is 3. The second-order valence-electron chi connectivity index (χ2n) is 2.45. The van der Waals surface area contributed by atoms with Crippen LogP contribution in [0.15, 0.2) is 12.1 Å². The molecule has 3 N–H and O–H groups in total. The molecule has 13 heavy (non-hydrogen) atoms.